The quantitative estimate of drug-likeness (QED) is 0.403. The van der Waals surface area contributed by atoms with Crippen molar-refractivity contribution in [1.29, 1.82) is 0 Å². The topological polar surface area (TPSA) is 104 Å². The Morgan fingerprint density at radius 3 is 2.50 bits per heavy atom. The van der Waals surface area contributed by atoms with Crippen molar-refractivity contribution in [3.63, 3.8) is 0 Å². The number of amides is 2. The number of fused-ring (bicyclic) bond motifs is 1. The van der Waals surface area contributed by atoms with Gasteiger partial charge in [0.25, 0.3) is 0 Å². The minimum absolute atomic E-state index is 0.121. The fourth-order valence-electron chi connectivity index (χ4n) is 4.76. The van der Waals surface area contributed by atoms with E-state index in [4.69, 9.17) is 9.73 Å². The molecule has 9 nitrogen and oxygen atoms in total. The number of anilines is 1. The number of hydrogen-bond acceptors (Lipinski definition) is 7. The highest BCUT2D eigenvalue weighted by atomic mass is 16.5. The number of likely N-dealkylation sites (N-methyl/N-ethyl adjacent to an activating group) is 1. The van der Waals surface area contributed by atoms with E-state index in [0.29, 0.717) is 34.6 Å². The number of nitrogens with one attached hydrogen (secondary N) is 1. The van der Waals surface area contributed by atoms with Crippen LogP contribution in [-0.4, -0.2) is 78.6 Å². The van der Waals surface area contributed by atoms with E-state index in [2.05, 4.69) is 22.2 Å². The van der Waals surface area contributed by atoms with Gasteiger partial charge in [0.1, 0.15) is 5.92 Å². The molecular weight excluding hydrogens is 482 g/mol. The van der Waals surface area contributed by atoms with Crippen LogP contribution in [0.25, 0.3) is 0 Å². The zero-order chi connectivity index (χ0) is 26.6. The Bertz CT molecular complexity index is 1380. The van der Waals surface area contributed by atoms with Crippen molar-refractivity contribution in [2.75, 3.05) is 45.7 Å². The maximum absolute atomic E-state index is 13.2. The van der Waals surface area contributed by atoms with Crippen LogP contribution in [0.4, 0.5) is 11.4 Å². The third-order valence-electron chi connectivity index (χ3n) is 6.93. The molecule has 5 rings (SSSR count). The lowest BCUT2D eigenvalue weighted by molar-refractivity contribution is -0.132. The third-order valence-corrected chi connectivity index (χ3v) is 6.93. The first-order valence-electron chi connectivity index (χ1n) is 12.5. The van der Waals surface area contributed by atoms with E-state index < -0.39 is 11.9 Å². The number of rotatable bonds is 6. The van der Waals surface area contributed by atoms with Gasteiger partial charge in [0.2, 0.25) is 11.8 Å². The van der Waals surface area contributed by atoms with E-state index in [0.717, 1.165) is 37.3 Å². The number of carbonyl (C=O) groups excluding carboxylic acids is 3. The Labute approximate surface area is 221 Å². The largest absolute Gasteiger partial charge is 0.465 e. The minimum Gasteiger partial charge on any atom is -0.465 e. The molecule has 0 saturated carbocycles. The summed E-state index contributed by atoms with van der Waals surface area (Å²) in [6.07, 6.45) is 3.68. The molecular formula is C29H29N5O4. The van der Waals surface area contributed by atoms with Crippen molar-refractivity contribution in [2.45, 2.75) is 12.3 Å². The van der Waals surface area contributed by atoms with Crippen molar-refractivity contribution in [3.8, 4) is 0 Å². The summed E-state index contributed by atoms with van der Waals surface area (Å²) in [5.74, 6) is -1.27. The molecule has 1 fully saturated rings. The molecule has 1 saturated heterocycles. The molecule has 2 aliphatic heterocycles. The van der Waals surface area contributed by atoms with Gasteiger partial charge in [-0.3, -0.25) is 19.6 Å². The Morgan fingerprint density at radius 1 is 1.05 bits per heavy atom. The fourth-order valence-corrected chi connectivity index (χ4v) is 4.76. The average molecular weight is 512 g/mol. The van der Waals surface area contributed by atoms with Gasteiger partial charge in [0.15, 0.2) is 0 Å². The van der Waals surface area contributed by atoms with E-state index in [9.17, 15) is 14.4 Å². The standard InChI is InChI=1S/C29H29N5O4/c1-33-12-14-34(15-13-33)25(35)16-19-5-8-22(9-6-19)31-27(21-4-3-11-30-18-21)26-23-10-7-20(29(37)38-2)17-24(23)32-28(26)36/h3-11,17-18,26H,12-16H2,1-2H3,(H,32,36). The molecule has 1 N–H and O–H groups in total. The Hall–Kier alpha value is -4.37. The molecule has 9 heteroatoms. The van der Waals surface area contributed by atoms with Crippen molar-refractivity contribution in [2.24, 2.45) is 4.99 Å². The molecule has 3 aromatic rings. The molecule has 3 heterocycles. The van der Waals surface area contributed by atoms with Gasteiger partial charge in [-0.15, -0.1) is 0 Å². The van der Waals surface area contributed by atoms with Gasteiger partial charge in [-0.1, -0.05) is 24.3 Å². The Balaban J connectivity index is 1.42. The van der Waals surface area contributed by atoms with E-state index in [1.54, 1.807) is 36.7 Å². The smallest absolute Gasteiger partial charge is 0.337 e. The second-order valence-corrected chi connectivity index (χ2v) is 9.48. The highest BCUT2D eigenvalue weighted by molar-refractivity contribution is 6.24. The molecule has 2 aliphatic rings. The molecule has 2 aromatic carbocycles. The van der Waals surface area contributed by atoms with Gasteiger partial charge >= 0.3 is 5.97 Å². The molecule has 38 heavy (non-hydrogen) atoms. The average Bonchev–Trinajstić information content (AvgIpc) is 3.27. The summed E-state index contributed by atoms with van der Waals surface area (Å²) in [6.45, 7) is 3.27. The first-order chi connectivity index (χ1) is 18.4. The van der Waals surface area contributed by atoms with Crippen LogP contribution in [0.5, 0.6) is 0 Å². The second-order valence-electron chi connectivity index (χ2n) is 9.48. The van der Waals surface area contributed by atoms with Crippen LogP contribution in [0, 0.1) is 0 Å². The number of methoxy groups -OCH3 is 1. The number of carbonyl (C=O) groups is 3. The number of esters is 1. The van der Waals surface area contributed by atoms with E-state index in [1.807, 2.05) is 35.2 Å². The van der Waals surface area contributed by atoms with Gasteiger partial charge in [-0.05, 0) is 48.5 Å². The predicted octanol–water partition coefficient (Wildman–Crippen LogP) is 3.04. The summed E-state index contributed by atoms with van der Waals surface area (Å²) in [5, 5.41) is 2.87. The van der Waals surface area contributed by atoms with Gasteiger partial charge in [0.05, 0.1) is 30.5 Å². The first-order valence-corrected chi connectivity index (χ1v) is 12.5. The van der Waals surface area contributed by atoms with Crippen molar-refractivity contribution >= 4 is 34.9 Å². The highest BCUT2D eigenvalue weighted by Gasteiger charge is 2.36. The SMILES string of the molecule is COC(=O)c1ccc2c(c1)NC(=O)C2C(=Nc1ccc(CC(=O)N2CCN(C)CC2)cc1)c1cccnc1. The number of ether oxygens (including phenoxy) is 1. The predicted molar refractivity (Wildman–Crippen MR) is 144 cm³/mol. The van der Waals surface area contributed by atoms with Crippen LogP contribution in [-0.2, 0) is 20.7 Å². The molecule has 1 atom stereocenters. The van der Waals surface area contributed by atoms with Gasteiger partial charge < -0.3 is 19.9 Å². The van der Waals surface area contributed by atoms with Gasteiger partial charge in [0, 0.05) is 49.8 Å². The molecule has 1 aromatic heterocycles. The van der Waals surface area contributed by atoms with Crippen molar-refractivity contribution in [1.82, 2.24) is 14.8 Å². The number of pyridine rings is 1. The molecule has 0 bridgehead atoms. The summed E-state index contributed by atoms with van der Waals surface area (Å²) < 4.78 is 4.81. The summed E-state index contributed by atoms with van der Waals surface area (Å²) in [4.78, 5) is 51.1. The van der Waals surface area contributed by atoms with Crippen LogP contribution in [0.15, 0.2) is 72.0 Å². The highest BCUT2D eigenvalue weighted by Crippen LogP contribution is 2.37. The zero-order valence-electron chi connectivity index (χ0n) is 21.4. The molecule has 194 valence electrons. The number of piperazine rings is 1. The summed E-state index contributed by atoms with van der Waals surface area (Å²) >= 11 is 0. The van der Waals surface area contributed by atoms with Gasteiger partial charge in [-0.25, -0.2) is 4.79 Å². The zero-order valence-corrected chi connectivity index (χ0v) is 21.4. The number of aliphatic imine (C=N–C) groups is 1. The summed E-state index contributed by atoms with van der Waals surface area (Å²) in [6, 6.07) is 16.2. The maximum Gasteiger partial charge on any atom is 0.337 e. The first kappa shape index (κ1) is 25.3. The van der Waals surface area contributed by atoms with Crippen LogP contribution < -0.4 is 5.32 Å². The lowest BCUT2D eigenvalue weighted by atomic mass is 9.91. The van der Waals surface area contributed by atoms with Crippen LogP contribution in [0.3, 0.4) is 0 Å². The van der Waals surface area contributed by atoms with Crippen LogP contribution in [0.1, 0.15) is 33.0 Å². The monoisotopic (exact) mass is 511 g/mol. The summed E-state index contributed by atoms with van der Waals surface area (Å²) in [7, 11) is 3.38. The number of nitrogens with zero attached hydrogens (tertiary/aromatic N) is 4. The summed E-state index contributed by atoms with van der Waals surface area (Å²) in [5.41, 5.74) is 4.46. The fraction of sp³-hybridized carbons (Fsp3) is 0.276. The normalized spacial score (nSPS) is 17.6. The second kappa shape index (κ2) is 10.9. The van der Waals surface area contributed by atoms with Crippen molar-refractivity contribution < 1.29 is 19.1 Å². The number of benzene rings is 2. The Morgan fingerprint density at radius 2 is 1.82 bits per heavy atom. The lowest BCUT2D eigenvalue weighted by Gasteiger charge is -2.32. The molecule has 0 radical (unpaired) electrons. The molecule has 1 unspecified atom stereocenters. The maximum atomic E-state index is 13.2. The number of hydrogen-bond donors (Lipinski definition) is 1. The Kier molecular flexibility index (Phi) is 7.28. The van der Waals surface area contributed by atoms with E-state index in [1.165, 1.54) is 7.11 Å². The molecule has 0 aliphatic carbocycles. The van der Waals surface area contributed by atoms with E-state index in [-0.39, 0.29) is 11.8 Å². The molecule has 2 amide bonds. The lowest BCUT2D eigenvalue weighted by Crippen LogP contribution is -2.47. The number of aromatic nitrogens is 1. The minimum atomic E-state index is -0.681. The van der Waals surface area contributed by atoms with E-state index >= 15 is 0 Å². The van der Waals surface area contributed by atoms with Gasteiger partial charge in [-0.2, -0.15) is 0 Å². The van der Waals surface area contributed by atoms with Crippen molar-refractivity contribution in [3.05, 3.63) is 89.2 Å². The van der Waals surface area contributed by atoms with Crippen LogP contribution >= 0.6 is 0 Å². The van der Waals surface area contributed by atoms with Crippen LogP contribution in [0.2, 0.25) is 0 Å². The molecule has 0 spiro atoms. The third kappa shape index (κ3) is 5.33.